The van der Waals surface area contributed by atoms with Crippen LogP contribution in [0.4, 0.5) is 8.78 Å². The van der Waals surface area contributed by atoms with E-state index in [1.807, 2.05) is 6.92 Å². The van der Waals surface area contributed by atoms with E-state index in [0.717, 1.165) is 0 Å². The molecule has 18 heavy (non-hydrogen) atoms. The van der Waals surface area contributed by atoms with Crippen LogP contribution in [0.3, 0.4) is 0 Å². The van der Waals surface area contributed by atoms with Gasteiger partial charge in [-0.3, -0.25) is 4.79 Å². The predicted molar refractivity (Wildman–Crippen MR) is 66.1 cm³/mol. The van der Waals surface area contributed by atoms with E-state index in [1.54, 1.807) is 4.90 Å². The summed E-state index contributed by atoms with van der Waals surface area (Å²) in [5.41, 5.74) is 0. The van der Waals surface area contributed by atoms with Gasteiger partial charge in [-0.05, 0) is 6.92 Å². The zero-order valence-electron chi connectivity index (χ0n) is 10.3. The molecule has 1 rings (SSSR count). The number of amides is 1. The standard InChI is InChI=1S/C11H18BrF2NO3/c1-8-5-15(6-9(4-12)18-8)11(16)2-3-17-7-10(13)14/h8-10H,2-7H2,1H3. The fraction of sp³-hybridized carbons (Fsp3) is 0.909. The molecule has 0 aliphatic carbocycles. The number of halogens is 3. The number of carbonyl (C=O) groups is 1. The van der Waals surface area contributed by atoms with E-state index < -0.39 is 13.0 Å². The Morgan fingerprint density at radius 3 is 2.89 bits per heavy atom. The quantitative estimate of drug-likeness (QED) is 0.549. The van der Waals surface area contributed by atoms with Gasteiger partial charge in [-0.2, -0.15) is 0 Å². The molecule has 4 nitrogen and oxygen atoms in total. The molecule has 7 heteroatoms. The van der Waals surface area contributed by atoms with Gasteiger partial charge in [0.15, 0.2) is 0 Å². The Balaban J connectivity index is 2.27. The lowest BCUT2D eigenvalue weighted by Gasteiger charge is -2.36. The molecule has 1 saturated heterocycles. The molecule has 0 bridgehead atoms. The summed E-state index contributed by atoms with van der Waals surface area (Å²) in [6.45, 7) is 2.40. The number of carbonyl (C=O) groups excluding carboxylic acids is 1. The Kier molecular flexibility index (Phi) is 7.03. The van der Waals surface area contributed by atoms with Gasteiger partial charge in [0.05, 0.1) is 25.2 Å². The molecule has 0 aromatic carbocycles. The van der Waals surface area contributed by atoms with E-state index in [4.69, 9.17) is 9.47 Å². The van der Waals surface area contributed by atoms with Crippen LogP contribution in [0.25, 0.3) is 0 Å². The van der Waals surface area contributed by atoms with E-state index in [1.165, 1.54) is 0 Å². The monoisotopic (exact) mass is 329 g/mol. The molecule has 1 aliphatic heterocycles. The lowest BCUT2D eigenvalue weighted by atomic mass is 10.2. The van der Waals surface area contributed by atoms with Gasteiger partial charge >= 0.3 is 0 Å². The molecular formula is C11H18BrF2NO3. The largest absolute Gasteiger partial charge is 0.375 e. The second-order valence-electron chi connectivity index (χ2n) is 4.24. The van der Waals surface area contributed by atoms with E-state index in [9.17, 15) is 13.6 Å². The topological polar surface area (TPSA) is 38.8 Å². The third kappa shape index (κ3) is 5.58. The first kappa shape index (κ1) is 15.8. The summed E-state index contributed by atoms with van der Waals surface area (Å²) in [5.74, 6) is -0.0784. The van der Waals surface area contributed by atoms with Crippen molar-refractivity contribution in [3.05, 3.63) is 0 Å². The molecule has 2 unspecified atom stereocenters. The second-order valence-corrected chi connectivity index (χ2v) is 4.89. The molecule has 0 N–H and O–H groups in total. The maximum absolute atomic E-state index is 11.8. The zero-order chi connectivity index (χ0) is 13.5. The first-order valence-corrected chi connectivity index (χ1v) is 7.00. The van der Waals surface area contributed by atoms with Crippen molar-refractivity contribution in [3.8, 4) is 0 Å². The number of nitrogens with zero attached hydrogens (tertiary/aromatic N) is 1. The number of hydrogen-bond acceptors (Lipinski definition) is 3. The molecule has 0 aromatic rings. The first-order chi connectivity index (χ1) is 8.52. The third-order valence-corrected chi connectivity index (χ3v) is 3.28. The Bertz CT molecular complexity index is 269. The Morgan fingerprint density at radius 1 is 1.56 bits per heavy atom. The summed E-state index contributed by atoms with van der Waals surface area (Å²) >= 11 is 3.32. The van der Waals surface area contributed by atoms with Crippen molar-refractivity contribution in [3.63, 3.8) is 0 Å². The van der Waals surface area contributed by atoms with Crippen LogP contribution in [0.1, 0.15) is 13.3 Å². The van der Waals surface area contributed by atoms with Crippen LogP contribution in [-0.4, -0.2) is 61.1 Å². The molecule has 0 radical (unpaired) electrons. The number of morpholine rings is 1. The summed E-state index contributed by atoms with van der Waals surface area (Å²) in [6.07, 6.45) is -2.37. The van der Waals surface area contributed by atoms with Gasteiger partial charge in [0, 0.05) is 18.4 Å². The van der Waals surface area contributed by atoms with Crippen LogP contribution in [-0.2, 0) is 14.3 Å². The molecule has 1 heterocycles. The van der Waals surface area contributed by atoms with E-state index in [-0.39, 0.29) is 31.1 Å². The molecule has 0 saturated carbocycles. The minimum absolute atomic E-state index is 0.00719. The van der Waals surface area contributed by atoms with Crippen molar-refractivity contribution in [2.24, 2.45) is 0 Å². The fourth-order valence-corrected chi connectivity index (χ4v) is 2.18. The van der Waals surface area contributed by atoms with Crippen molar-refractivity contribution >= 4 is 21.8 Å². The van der Waals surface area contributed by atoms with Crippen LogP contribution in [0.5, 0.6) is 0 Å². The maximum atomic E-state index is 11.8. The highest BCUT2D eigenvalue weighted by atomic mass is 79.9. The number of hydrogen-bond donors (Lipinski definition) is 0. The summed E-state index contributed by atoms with van der Waals surface area (Å²) in [4.78, 5) is 13.5. The van der Waals surface area contributed by atoms with E-state index >= 15 is 0 Å². The summed E-state index contributed by atoms with van der Waals surface area (Å²) in [5, 5.41) is 0.670. The van der Waals surface area contributed by atoms with Gasteiger partial charge in [-0.25, -0.2) is 8.78 Å². The number of alkyl halides is 3. The van der Waals surface area contributed by atoms with Crippen molar-refractivity contribution in [1.29, 1.82) is 0 Å². The lowest BCUT2D eigenvalue weighted by Crippen LogP contribution is -2.49. The van der Waals surface area contributed by atoms with E-state index in [0.29, 0.717) is 18.4 Å². The first-order valence-electron chi connectivity index (χ1n) is 5.88. The highest BCUT2D eigenvalue weighted by molar-refractivity contribution is 9.09. The van der Waals surface area contributed by atoms with Crippen LogP contribution in [0, 0.1) is 0 Å². The maximum Gasteiger partial charge on any atom is 0.261 e. The van der Waals surface area contributed by atoms with Crippen LogP contribution in [0.15, 0.2) is 0 Å². The molecule has 2 atom stereocenters. The fourth-order valence-electron chi connectivity index (χ4n) is 1.82. The predicted octanol–water partition coefficient (Wildman–Crippen LogP) is 1.67. The minimum atomic E-state index is -2.48. The second kappa shape index (κ2) is 8.01. The molecule has 0 aromatic heterocycles. The Hall–Kier alpha value is -0.270. The highest BCUT2D eigenvalue weighted by Gasteiger charge is 2.27. The summed E-state index contributed by atoms with van der Waals surface area (Å²) < 4.78 is 33.9. The highest BCUT2D eigenvalue weighted by Crippen LogP contribution is 2.13. The molecule has 1 fully saturated rings. The van der Waals surface area contributed by atoms with Crippen molar-refractivity contribution < 1.29 is 23.0 Å². The smallest absolute Gasteiger partial charge is 0.261 e. The summed E-state index contributed by atoms with van der Waals surface area (Å²) in [6, 6.07) is 0. The van der Waals surface area contributed by atoms with Crippen molar-refractivity contribution in [1.82, 2.24) is 4.90 Å². The molecule has 106 valence electrons. The summed E-state index contributed by atoms with van der Waals surface area (Å²) in [7, 11) is 0. The van der Waals surface area contributed by atoms with Gasteiger partial charge in [-0.1, -0.05) is 15.9 Å². The average molecular weight is 330 g/mol. The normalized spacial score (nSPS) is 24.6. The van der Waals surface area contributed by atoms with Gasteiger partial charge in [0.1, 0.15) is 6.61 Å². The molecular weight excluding hydrogens is 312 g/mol. The Morgan fingerprint density at radius 2 is 2.28 bits per heavy atom. The third-order valence-electron chi connectivity index (χ3n) is 2.56. The molecule has 1 amide bonds. The van der Waals surface area contributed by atoms with E-state index in [2.05, 4.69) is 15.9 Å². The van der Waals surface area contributed by atoms with Gasteiger partial charge in [0.25, 0.3) is 6.43 Å². The SMILES string of the molecule is CC1CN(C(=O)CCOCC(F)F)CC(CBr)O1. The minimum Gasteiger partial charge on any atom is -0.375 e. The van der Waals surface area contributed by atoms with Crippen LogP contribution < -0.4 is 0 Å². The molecule has 1 aliphatic rings. The Labute approximate surface area is 114 Å². The molecule has 0 spiro atoms. The zero-order valence-corrected chi connectivity index (χ0v) is 11.9. The van der Waals surface area contributed by atoms with Crippen molar-refractivity contribution in [2.45, 2.75) is 32.0 Å². The van der Waals surface area contributed by atoms with Gasteiger partial charge in [0.2, 0.25) is 5.91 Å². The van der Waals surface area contributed by atoms with Gasteiger partial charge < -0.3 is 14.4 Å². The van der Waals surface area contributed by atoms with Gasteiger partial charge in [-0.15, -0.1) is 0 Å². The number of ether oxygens (including phenoxy) is 2. The van der Waals surface area contributed by atoms with Crippen molar-refractivity contribution in [2.75, 3.05) is 31.6 Å². The lowest BCUT2D eigenvalue weighted by molar-refractivity contribution is -0.144. The van der Waals surface area contributed by atoms with Crippen LogP contribution in [0.2, 0.25) is 0 Å². The average Bonchev–Trinajstić information content (AvgIpc) is 2.33. The van der Waals surface area contributed by atoms with Crippen LogP contribution >= 0.6 is 15.9 Å². The number of rotatable bonds is 6.